The van der Waals surface area contributed by atoms with E-state index >= 15 is 0 Å². The second-order valence-corrected chi connectivity index (χ2v) is 8.93. The van der Waals surface area contributed by atoms with Gasteiger partial charge in [-0.15, -0.1) is 11.3 Å². The number of rotatable bonds is 6. The molecule has 134 valence electrons. The SMILES string of the molecule is CCN(CC(=O)NC(C)(C)C)C(=O)CN(C)C(=O)c1ccc(Br)s1. The van der Waals surface area contributed by atoms with Crippen molar-refractivity contribution in [2.24, 2.45) is 0 Å². The first-order chi connectivity index (χ1) is 11.0. The molecule has 0 spiro atoms. The molecule has 0 aliphatic carbocycles. The Kier molecular flexibility index (Phi) is 7.41. The van der Waals surface area contributed by atoms with Crippen LogP contribution in [0, 0.1) is 0 Å². The third kappa shape index (κ3) is 6.60. The van der Waals surface area contributed by atoms with Crippen molar-refractivity contribution in [1.29, 1.82) is 0 Å². The van der Waals surface area contributed by atoms with Crippen molar-refractivity contribution in [2.75, 3.05) is 26.7 Å². The van der Waals surface area contributed by atoms with Gasteiger partial charge in [-0.3, -0.25) is 14.4 Å². The van der Waals surface area contributed by atoms with Crippen LogP contribution >= 0.6 is 27.3 Å². The van der Waals surface area contributed by atoms with E-state index in [2.05, 4.69) is 21.2 Å². The number of nitrogens with zero attached hydrogens (tertiary/aromatic N) is 2. The van der Waals surface area contributed by atoms with E-state index in [1.807, 2.05) is 20.8 Å². The normalized spacial score (nSPS) is 11.1. The minimum Gasteiger partial charge on any atom is -0.350 e. The lowest BCUT2D eigenvalue weighted by atomic mass is 10.1. The highest BCUT2D eigenvalue weighted by molar-refractivity contribution is 9.11. The fourth-order valence-electron chi connectivity index (χ4n) is 2.00. The van der Waals surface area contributed by atoms with E-state index in [0.717, 1.165) is 3.79 Å². The molecule has 3 amide bonds. The van der Waals surface area contributed by atoms with E-state index in [4.69, 9.17) is 0 Å². The van der Waals surface area contributed by atoms with Crippen LogP contribution in [0.25, 0.3) is 0 Å². The molecule has 0 aromatic carbocycles. The average molecular weight is 418 g/mol. The Balaban J connectivity index is 2.63. The fraction of sp³-hybridized carbons (Fsp3) is 0.562. The van der Waals surface area contributed by atoms with E-state index < -0.39 is 0 Å². The first-order valence-electron chi connectivity index (χ1n) is 7.63. The molecule has 0 saturated carbocycles. The highest BCUT2D eigenvalue weighted by Gasteiger charge is 2.22. The molecule has 1 aromatic rings. The molecule has 6 nitrogen and oxygen atoms in total. The number of likely N-dealkylation sites (N-methyl/N-ethyl adjacent to an activating group) is 2. The molecule has 0 aliphatic heterocycles. The summed E-state index contributed by atoms with van der Waals surface area (Å²) in [7, 11) is 1.58. The van der Waals surface area contributed by atoms with Crippen LogP contribution < -0.4 is 5.32 Å². The number of carbonyl (C=O) groups excluding carboxylic acids is 3. The Labute approximate surface area is 155 Å². The van der Waals surface area contributed by atoms with Gasteiger partial charge in [0.25, 0.3) is 5.91 Å². The zero-order valence-electron chi connectivity index (χ0n) is 14.7. The number of carbonyl (C=O) groups is 3. The molecule has 24 heavy (non-hydrogen) atoms. The molecule has 0 aliphatic rings. The lowest BCUT2D eigenvalue weighted by molar-refractivity contribution is -0.136. The van der Waals surface area contributed by atoms with Crippen molar-refractivity contribution in [3.05, 3.63) is 20.8 Å². The predicted molar refractivity (Wildman–Crippen MR) is 99.1 cm³/mol. The average Bonchev–Trinajstić information content (AvgIpc) is 2.88. The maximum atomic E-state index is 12.4. The summed E-state index contributed by atoms with van der Waals surface area (Å²) in [6.07, 6.45) is 0. The largest absolute Gasteiger partial charge is 0.350 e. The highest BCUT2D eigenvalue weighted by atomic mass is 79.9. The minimum absolute atomic E-state index is 0.0147. The number of thiophene rings is 1. The highest BCUT2D eigenvalue weighted by Crippen LogP contribution is 2.23. The van der Waals surface area contributed by atoms with Crippen LogP contribution in [0.1, 0.15) is 37.4 Å². The molecule has 8 heteroatoms. The predicted octanol–water partition coefficient (Wildman–Crippen LogP) is 2.35. The van der Waals surface area contributed by atoms with Gasteiger partial charge >= 0.3 is 0 Å². The van der Waals surface area contributed by atoms with Crippen molar-refractivity contribution >= 4 is 45.0 Å². The zero-order valence-corrected chi connectivity index (χ0v) is 17.1. The smallest absolute Gasteiger partial charge is 0.264 e. The van der Waals surface area contributed by atoms with Gasteiger partial charge in [-0.2, -0.15) is 0 Å². The first kappa shape index (κ1) is 20.6. The van der Waals surface area contributed by atoms with Crippen molar-refractivity contribution in [3.63, 3.8) is 0 Å². The van der Waals surface area contributed by atoms with E-state index in [0.29, 0.717) is 11.4 Å². The molecule has 0 fully saturated rings. The van der Waals surface area contributed by atoms with Crippen molar-refractivity contribution in [1.82, 2.24) is 15.1 Å². The van der Waals surface area contributed by atoms with Crippen molar-refractivity contribution < 1.29 is 14.4 Å². The minimum atomic E-state index is -0.348. The Morgan fingerprint density at radius 1 is 1.21 bits per heavy atom. The fourth-order valence-corrected chi connectivity index (χ4v) is 3.38. The van der Waals surface area contributed by atoms with Crippen LogP contribution in [0.2, 0.25) is 0 Å². The number of amides is 3. The van der Waals surface area contributed by atoms with Gasteiger partial charge in [0, 0.05) is 19.1 Å². The lowest BCUT2D eigenvalue weighted by Gasteiger charge is -2.26. The molecule has 0 bridgehead atoms. The summed E-state index contributed by atoms with van der Waals surface area (Å²) in [5.41, 5.74) is -0.348. The van der Waals surface area contributed by atoms with Crippen molar-refractivity contribution in [3.8, 4) is 0 Å². The Bertz CT molecular complexity index is 610. The van der Waals surface area contributed by atoms with Crippen LogP contribution in [-0.2, 0) is 9.59 Å². The molecule has 0 atom stereocenters. The molecular weight excluding hydrogens is 394 g/mol. The summed E-state index contributed by atoms with van der Waals surface area (Å²) >= 11 is 4.63. The van der Waals surface area contributed by atoms with Gasteiger partial charge in [0.1, 0.15) is 0 Å². The topological polar surface area (TPSA) is 69.7 Å². The number of halogens is 1. The van der Waals surface area contributed by atoms with Crippen LogP contribution in [0.4, 0.5) is 0 Å². The molecule has 1 heterocycles. The molecule has 1 N–H and O–H groups in total. The van der Waals surface area contributed by atoms with Crippen LogP contribution in [0.5, 0.6) is 0 Å². The van der Waals surface area contributed by atoms with E-state index in [9.17, 15) is 14.4 Å². The standard InChI is InChI=1S/C16H24BrN3O3S/c1-6-20(9-13(21)18-16(2,3)4)14(22)10-19(5)15(23)11-7-8-12(17)24-11/h7-8H,6,9-10H2,1-5H3,(H,18,21). The van der Waals surface area contributed by atoms with E-state index in [1.54, 1.807) is 26.1 Å². The Morgan fingerprint density at radius 2 is 1.83 bits per heavy atom. The van der Waals surface area contributed by atoms with Gasteiger partial charge in [0.05, 0.1) is 21.8 Å². The van der Waals surface area contributed by atoms with Gasteiger partial charge < -0.3 is 15.1 Å². The number of hydrogen-bond donors (Lipinski definition) is 1. The third-order valence-corrected chi connectivity index (χ3v) is 4.70. The summed E-state index contributed by atoms with van der Waals surface area (Å²) in [4.78, 5) is 40.0. The molecule has 1 aromatic heterocycles. The van der Waals surface area contributed by atoms with Crippen LogP contribution in [-0.4, -0.2) is 59.7 Å². The first-order valence-corrected chi connectivity index (χ1v) is 9.24. The quantitative estimate of drug-likeness (QED) is 0.771. The summed E-state index contributed by atoms with van der Waals surface area (Å²) in [6, 6.07) is 3.51. The monoisotopic (exact) mass is 417 g/mol. The Hall–Kier alpha value is -1.41. The molecule has 0 radical (unpaired) electrons. The second kappa shape index (κ2) is 8.62. The number of nitrogens with one attached hydrogen (secondary N) is 1. The summed E-state index contributed by atoms with van der Waals surface area (Å²) in [5.74, 6) is -0.684. The van der Waals surface area contributed by atoms with Gasteiger partial charge in [-0.25, -0.2) is 0 Å². The van der Waals surface area contributed by atoms with Crippen molar-refractivity contribution in [2.45, 2.75) is 33.2 Å². The van der Waals surface area contributed by atoms with Crippen LogP contribution in [0.15, 0.2) is 15.9 Å². The molecule has 0 unspecified atom stereocenters. The lowest BCUT2D eigenvalue weighted by Crippen LogP contribution is -2.49. The maximum Gasteiger partial charge on any atom is 0.264 e. The number of hydrogen-bond acceptors (Lipinski definition) is 4. The van der Waals surface area contributed by atoms with Gasteiger partial charge in [0.2, 0.25) is 11.8 Å². The van der Waals surface area contributed by atoms with E-state index in [-0.39, 0.29) is 36.3 Å². The molecule has 1 rings (SSSR count). The Morgan fingerprint density at radius 3 is 2.29 bits per heavy atom. The maximum absolute atomic E-state index is 12.4. The van der Waals surface area contributed by atoms with Gasteiger partial charge in [-0.1, -0.05) is 0 Å². The second-order valence-electron chi connectivity index (χ2n) is 6.47. The summed E-state index contributed by atoms with van der Waals surface area (Å²) in [6.45, 7) is 7.78. The third-order valence-electron chi connectivity index (χ3n) is 3.09. The molecular formula is C16H24BrN3O3S. The van der Waals surface area contributed by atoms with Gasteiger partial charge in [0.15, 0.2) is 0 Å². The summed E-state index contributed by atoms with van der Waals surface area (Å²) in [5, 5.41) is 2.83. The van der Waals surface area contributed by atoms with Gasteiger partial charge in [-0.05, 0) is 55.8 Å². The van der Waals surface area contributed by atoms with E-state index in [1.165, 1.54) is 21.1 Å². The summed E-state index contributed by atoms with van der Waals surface area (Å²) < 4.78 is 0.861. The zero-order chi connectivity index (χ0) is 18.5. The molecule has 0 saturated heterocycles. The van der Waals surface area contributed by atoms with Crippen LogP contribution in [0.3, 0.4) is 0 Å².